The number of benzene rings is 3. The second-order valence-electron chi connectivity index (χ2n) is 15.7. The Morgan fingerprint density at radius 3 is 2.24 bits per heavy atom. The fourth-order valence-electron chi connectivity index (χ4n) is 8.34. The standard InChI is InChI=1S/C48H55ClN4O9/c1-31(26-36-28-35-27-34-8-4-18-52-19-5-9-39(44(34)52)45(35)62-48(36)57)46(55)51-17-7-21-60-23-25-61-24-22-59-20-6-16-50-43(54)30-40-32(2)53(42-15-14-38(58-3)29-41(40)42)47(56)33-10-12-37(49)13-11-33/h10-15,26-29H,4-9,16-25,30H2,1-3H3,(H,50,54)(H,51,55)/b31-26+. The van der Waals surface area contributed by atoms with Crippen LogP contribution in [0.2, 0.25) is 5.02 Å². The monoisotopic (exact) mass is 866 g/mol. The van der Waals surface area contributed by atoms with Crippen molar-refractivity contribution < 1.29 is 37.7 Å². The molecule has 0 unspecified atom stereocenters. The second-order valence-corrected chi connectivity index (χ2v) is 16.1. The summed E-state index contributed by atoms with van der Waals surface area (Å²) in [4.78, 5) is 54.8. The molecule has 2 amide bonds. The molecule has 13 nitrogen and oxygen atoms in total. The van der Waals surface area contributed by atoms with Crippen molar-refractivity contribution in [2.75, 3.05) is 77.8 Å². The Morgan fingerprint density at radius 2 is 1.53 bits per heavy atom. The Bertz CT molecular complexity index is 2510. The van der Waals surface area contributed by atoms with Crippen LogP contribution in [0.25, 0.3) is 27.9 Å². The Hall–Kier alpha value is -5.47. The van der Waals surface area contributed by atoms with Crippen LogP contribution < -0.4 is 25.9 Å². The highest BCUT2D eigenvalue weighted by Gasteiger charge is 2.27. The molecule has 0 bridgehead atoms. The van der Waals surface area contributed by atoms with Crippen molar-refractivity contribution in [3.8, 4) is 5.75 Å². The van der Waals surface area contributed by atoms with Gasteiger partial charge in [0.15, 0.2) is 0 Å². The van der Waals surface area contributed by atoms with Gasteiger partial charge in [-0.1, -0.05) is 11.6 Å². The lowest BCUT2D eigenvalue weighted by Gasteiger charge is -2.37. The lowest BCUT2D eigenvalue weighted by Crippen LogP contribution is -2.34. The summed E-state index contributed by atoms with van der Waals surface area (Å²) in [5.74, 6) is 0.0303. The summed E-state index contributed by atoms with van der Waals surface area (Å²) in [7, 11) is 1.58. The number of hydrogen-bond donors (Lipinski definition) is 2. The molecule has 0 spiro atoms. The molecule has 5 aromatic rings. The molecule has 328 valence electrons. The number of nitrogens with zero attached hydrogens (tertiary/aromatic N) is 2. The van der Waals surface area contributed by atoms with E-state index in [2.05, 4.69) is 21.6 Å². The predicted octanol–water partition coefficient (Wildman–Crippen LogP) is 6.81. The van der Waals surface area contributed by atoms with Crippen LogP contribution in [-0.2, 0) is 43.1 Å². The number of amides is 2. The number of methoxy groups -OCH3 is 1. The van der Waals surface area contributed by atoms with E-state index in [9.17, 15) is 19.2 Å². The van der Waals surface area contributed by atoms with E-state index in [0.29, 0.717) is 110 Å². The van der Waals surface area contributed by atoms with Gasteiger partial charge in [0.1, 0.15) is 11.3 Å². The number of halogens is 1. The van der Waals surface area contributed by atoms with Crippen LogP contribution in [0.1, 0.15) is 70.9 Å². The first-order valence-electron chi connectivity index (χ1n) is 21.4. The van der Waals surface area contributed by atoms with Crippen molar-refractivity contribution in [3.63, 3.8) is 0 Å². The quantitative estimate of drug-likeness (QED) is 0.0485. The molecular weight excluding hydrogens is 812 g/mol. The van der Waals surface area contributed by atoms with E-state index >= 15 is 0 Å². The zero-order chi connectivity index (χ0) is 43.6. The number of ether oxygens (including phenoxy) is 4. The molecule has 0 fully saturated rings. The molecule has 0 atom stereocenters. The number of hydrogen-bond acceptors (Lipinski definition) is 10. The van der Waals surface area contributed by atoms with Gasteiger partial charge in [-0.05, 0) is 124 Å². The number of anilines is 1. The lowest BCUT2D eigenvalue weighted by atomic mass is 9.90. The highest BCUT2D eigenvalue weighted by molar-refractivity contribution is 6.30. The van der Waals surface area contributed by atoms with E-state index in [1.807, 2.05) is 25.1 Å². The smallest absolute Gasteiger partial charge is 0.343 e. The summed E-state index contributed by atoms with van der Waals surface area (Å²) in [6, 6.07) is 16.2. The summed E-state index contributed by atoms with van der Waals surface area (Å²) >= 11 is 6.04. The molecule has 2 aliphatic rings. The molecule has 0 saturated heterocycles. The normalized spacial score (nSPS) is 13.7. The van der Waals surface area contributed by atoms with Crippen LogP contribution in [0.4, 0.5) is 5.69 Å². The van der Waals surface area contributed by atoms with Gasteiger partial charge in [-0.2, -0.15) is 0 Å². The Morgan fingerprint density at radius 1 is 0.855 bits per heavy atom. The minimum atomic E-state index is -0.435. The molecule has 14 heteroatoms. The van der Waals surface area contributed by atoms with Crippen molar-refractivity contribution in [2.24, 2.45) is 0 Å². The van der Waals surface area contributed by atoms with Crippen LogP contribution in [0.3, 0.4) is 0 Å². The van der Waals surface area contributed by atoms with Gasteiger partial charge in [0.25, 0.3) is 5.91 Å². The van der Waals surface area contributed by atoms with E-state index in [-0.39, 0.29) is 24.1 Å². The summed E-state index contributed by atoms with van der Waals surface area (Å²) < 4.78 is 29.9. The van der Waals surface area contributed by atoms with E-state index in [0.717, 1.165) is 60.7 Å². The topological polar surface area (TPSA) is 151 Å². The first kappa shape index (κ1) is 44.6. The Balaban J connectivity index is 0.742. The van der Waals surface area contributed by atoms with Gasteiger partial charge in [0.2, 0.25) is 11.8 Å². The molecular formula is C48H55ClN4O9. The summed E-state index contributed by atoms with van der Waals surface area (Å²) in [5.41, 5.74) is 7.39. The zero-order valence-electron chi connectivity index (χ0n) is 35.7. The van der Waals surface area contributed by atoms with Gasteiger partial charge in [0.05, 0.1) is 51.0 Å². The summed E-state index contributed by atoms with van der Waals surface area (Å²) in [6.45, 7) is 9.09. The number of carbonyl (C=O) groups is 3. The third-order valence-corrected chi connectivity index (χ3v) is 11.7. The van der Waals surface area contributed by atoms with E-state index in [4.69, 9.17) is 35.0 Å². The van der Waals surface area contributed by atoms with Gasteiger partial charge >= 0.3 is 5.63 Å². The maximum atomic E-state index is 13.5. The van der Waals surface area contributed by atoms with Crippen LogP contribution in [-0.4, -0.2) is 95.2 Å². The maximum Gasteiger partial charge on any atom is 0.343 e. The van der Waals surface area contributed by atoms with E-state index < -0.39 is 5.63 Å². The van der Waals surface area contributed by atoms with Gasteiger partial charge in [0, 0.05) is 83.3 Å². The van der Waals surface area contributed by atoms with Crippen LogP contribution in [0.5, 0.6) is 5.75 Å². The largest absolute Gasteiger partial charge is 0.497 e. The zero-order valence-corrected chi connectivity index (χ0v) is 36.5. The van der Waals surface area contributed by atoms with E-state index in [1.165, 1.54) is 11.3 Å². The molecule has 7 rings (SSSR count). The molecule has 3 aromatic carbocycles. The van der Waals surface area contributed by atoms with Crippen LogP contribution in [0, 0.1) is 6.92 Å². The highest BCUT2D eigenvalue weighted by Crippen LogP contribution is 2.40. The molecule has 2 aromatic heterocycles. The third-order valence-electron chi connectivity index (χ3n) is 11.4. The molecule has 0 radical (unpaired) electrons. The SMILES string of the molecule is COc1ccc2c(c1)c(CC(=O)NCCCOCCOCCOCCCNC(=O)/C(C)=C/c1cc3cc4c5c(c3oc1=O)CCCN5CCC4)c(C)n2C(=O)c1ccc(Cl)cc1. The first-order valence-corrected chi connectivity index (χ1v) is 21.8. The first-order chi connectivity index (χ1) is 30.1. The van der Waals surface area contributed by atoms with Crippen molar-refractivity contribution >= 4 is 63.0 Å². The minimum Gasteiger partial charge on any atom is -0.497 e. The average Bonchev–Trinajstić information content (AvgIpc) is 3.54. The van der Waals surface area contributed by atoms with Crippen molar-refractivity contribution in [3.05, 3.63) is 109 Å². The number of carbonyl (C=O) groups excluding carboxylic acids is 3. The van der Waals surface area contributed by atoms with Gasteiger partial charge < -0.3 is 38.9 Å². The molecule has 2 N–H and O–H groups in total. The molecule has 0 aliphatic carbocycles. The predicted molar refractivity (Wildman–Crippen MR) is 241 cm³/mol. The van der Waals surface area contributed by atoms with Crippen molar-refractivity contribution in [1.29, 1.82) is 0 Å². The maximum absolute atomic E-state index is 13.5. The molecule has 2 aliphatic heterocycles. The number of fused-ring (bicyclic) bond motifs is 3. The highest BCUT2D eigenvalue weighted by atomic mass is 35.5. The minimum absolute atomic E-state index is 0.105. The van der Waals surface area contributed by atoms with Gasteiger partial charge in [-0.25, -0.2) is 4.79 Å². The number of aryl methyl sites for hydroxylation is 2. The van der Waals surface area contributed by atoms with E-state index in [1.54, 1.807) is 55.0 Å². The average molecular weight is 867 g/mol. The van der Waals surface area contributed by atoms with Gasteiger partial charge in [-0.15, -0.1) is 0 Å². The van der Waals surface area contributed by atoms with Crippen molar-refractivity contribution in [1.82, 2.24) is 15.2 Å². The Kier molecular flexibility index (Phi) is 15.1. The third kappa shape index (κ3) is 10.6. The number of rotatable bonds is 20. The number of nitrogens with one attached hydrogen (secondary N) is 2. The molecule has 62 heavy (non-hydrogen) atoms. The molecule has 0 saturated carbocycles. The molecule has 4 heterocycles. The van der Waals surface area contributed by atoms with Gasteiger partial charge in [-0.3, -0.25) is 19.0 Å². The fraction of sp³-hybridized carbons (Fsp3) is 0.417. The van der Waals surface area contributed by atoms with Crippen LogP contribution >= 0.6 is 11.6 Å². The number of aromatic nitrogens is 1. The van der Waals surface area contributed by atoms with Crippen LogP contribution in [0.15, 0.2) is 69.4 Å². The second kappa shape index (κ2) is 21.1. The Labute approximate surface area is 366 Å². The van der Waals surface area contributed by atoms with Crippen molar-refractivity contribution in [2.45, 2.75) is 58.8 Å². The lowest BCUT2D eigenvalue weighted by molar-refractivity contribution is -0.120. The summed E-state index contributed by atoms with van der Waals surface area (Å²) in [5, 5.41) is 8.09. The fourth-order valence-corrected chi connectivity index (χ4v) is 8.47. The summed E-state index contributed by atoms with van der Waals surface area (Å²) in [6.07, 6.45) is 7.06.